The Kier molecular flexibility index (Phi) is 5.57. The van der Waals surface area contributed by atoms with Crippen LogP contribution in [0.4, 0.5) is 5.82 Å². The number of rotatable bonds is 4. The molecule has 2 fully saturated rings. The normalized spacial score (nSPS) is 23.3. The van der Waals surface area contributed by atoms with Gasteiger partial charge in [0.1, 0.15) is 5.82 Å². The Morgan fingerprint density at radius 2 is 1.96 bits per heavy atom. The Bertz CT molecular complexity index is 580. The highest BCUT2D eigenvalue weighted by Crippen LogP contribution is 2.30. The number of hydrogen-bond acceptors (Lipinski definition) is 5. The summed E-state index contributed by atoms with van der Waals surface area (Å²) in [4.78, 5) is 25.8. The molecule has 2 aliphatic rings. The lowest BCUT2D eigenvalue weighted by Gasteiger charge is -2.30. The van der Waals surface area contributed by atoms with Gasteiger partial charge in [0.2, 0.25) is 5.91 Å². The molecular formula is C19H31N5O. The Labute approximate surface area is 150 Å². The standard InChI is InChI=1S/C19H31N5O/c1-23(2)17-14-21-16(13-22-17)12-15-6-5-10-24(11-7-15)18(25)19(20)8-3-4-9-19/h13-15H,3-12,20H2,1-2H3/t15-/m0/s1. The molecule has 2 heterocycles. The van der Waals surface area contributed by atoms with E-state index < -0.39 is 5.54 Å². The maximum absolute atomic E-state index is 12.8. The van der Waals surface area contributed by atoms with Crippen LogP contribution in [0, 0.1) is 5.92 Å². The SMILES string of the molecule is CN(C)c1cnc(C[C@H]2CCCN(C(=O)C3(N)CCCC3)CC2)cn1. The monoisotopic (exact) mass is 345 g/mol. The minimum atomic E-state index is -0.590. The first-order valence-electron chi connectivity index (χ1n) is 9.54. The first-order chi connectivity index (χ1) is 12.0. The zero-order valence-corrected chi connectivity index (χ0v) is 15.6. The largest absolute Gasteiger partial charge is 0.361 e. The highest BCUT2D eigenvalue weighted by Gasteiger charge is 2.40. The van der Waals surface area contributed by atoms with Crippen LogP contribution in [-0.4, -0.2) is 53.5 Å². The van der Waals surface area contributed by atoms with E-state index >= 15 is 0 Å². The van der Waals surface area contributed by atoms with E-state index in [0.717, 1.165) is 76.0 Å². The van der Waals surface area contributed by atoms with Crippen molar-refractivity contribution in [3.8, 4) is 0 Å². The number of nitrogens with two attached hydrogens (primary N) is 1. The van der Waals surface area contributed by atoms with Gasteiger partial charge in [-0.3, -0.25) is 9.78 Å². The first-order valence-corrected chi connectivity index (χ1v) is 9.54. The fourth-order valence-electron chi connectivity index (χ4n) is 4.09. The van der Waals surface area contributed by atoms with Crippen LogP contribution >= 0.6 is 0 Å². The van der Waals surface area contributed by atoms with E-state index in [9.17, 15) is 4.79 Å². The zero-order valence-electron chi connectivity index (χ0n) is 15.6. The van der Waals surface area contributed by atoms with Gasteiger partial charge >= 0.3 is 0 Å². The molecule has 0 spiro atoms. The summed E-state index contributed by atoms with van der Waals surface area (Å²) in [6.07, 6.45) is 11.7. The highest BCUT2D eigenvalue weighted by molar-refractivity contribution is 5.86. The molecule has 1 atom stereocenters. The number of likely N-dealkylation sites (tertiary alicyclic amines) is 1. The fraction of sp³-hybridized carbons (Fsp3) is 0.737. The summed E-state index contributed by atoms with van der Waals surface area (Å²) in [5.74, 6) is 1.63. The maximum atomic E-state index is 12.8. The smallest absolute Gasteiger partial charge is 0.242 e. The van der Waals surface area contributed by atoms with Gasteiger partial charge in [0.25, 0.3) is 0 Å². The van der Waals surface area contributed by atoms with Gasteiger partial charge in [-0.25, -0.2) is 4.98 Å². The van der Waals surface area contributed by atoms with E-state index in [4.69, 9.17) is 5.73 Å². The van der Waals surface area contributed by atoms with E-state index in [0.29, 0.717) is 5.92 Å². The van der Waals surface area contributed by atoms with Crippen molar-refractivity contribution in [2.24, 2.45) is 11.7 Å². The molecule has 1 aromatic rings. The van der Waals surface area contributed by atoms with Crippen LogP contribution in [0.2, 0.25) is 0 Å². The molecule has 1 amide bonds. The van der Waals surface area contributed by atoms with Gasteiger partial charge in [-0.05, 0) is 44.4 Å². The Balaban J connectivity index is 1.55. The third-order valence-electron chi connectivity index (χ3n) is 5.70. The van der Waals surface area contributed by atoms with Gasteiger partial charge in [-0.1, -0.05) is 12.8 Å². The molecule has 1 saturated heterocycles. The summed E-state index contributed by atoms with van der Waals surface area (Å²) in [6, 6.07) is 0. The number of carbonyl (C=O) groups is 1. The van der Waals surface area contributed by atoms with Crippen LogP contribution in [0.3, 0.4) is 0 Å². The van der Waals surface area contributed by atoms with Crippen molar-refractivity contribution in [1.82, 2.24) is 14.9 Å². The fourth-order valence-corrected chi connectivity index (χ4v) is 4.09. The summed E-state index contributed by atoms with van der Waals surface area (Å²) in [5.41, 5.74) is 6.82. The second-order valence-electron chi connectivity index (χ2n) is 7.92. The number of amides is 1. The average Bonchev–Trinajstić information content (AvgIpc) is 2.92. The van der Waals surface area contributed by atoms with Crippen molar-refractivity contribution in [2.45, 2.75) is 56.9 Å². The molecule has 1 aromatic heterocycles. The minimum absolute atomic E-state index is 0.181. The quantitative estimate of drug-likeness (QED) is 0.903. The Hall–Kier alpha value is -1.69. The summed E-state index contributed by atoms with van der Waals surface area (Å²) in [5, 5.41) is 0. The van der Waals surface area contributed by atoms with Crippen LogP contribution in [0.15, 0.2) is 12.4 Å². The van der Waals surface area contributed by atoms with Gasteiger partial charge in [0.15, 0.2) is 0 Å². The van der Waals surface area contributed by atoms with Gasteiger partial charge in [-0.15, -0.1) is 0 Å². The molecule has 0 unspecified atom stereocenters. The lowest BCUT2D eigenvalue weighted by Crippen LogP contribution is -2.53. The van der Waals surface area contributed by atoms with Crippen molar-refractivity contribution < 1.29 is 4.79 Å². The van der Waals surface area contributed by atoms with Gasteiger partial charge < -0.3 is 15.5 Å². The second-order valence-corrected chi connectivity index (χ2v) is 7.92. The number of anilines is 1. The minimum Gasteiger partial charge on any atom is -0.361 e. The molecule has 1 aliphatic heterocycles. The molecule has 2 N–H and O–H groups in total. The molecule has 1 saturated carbocycles. The number of aromatic nitrogens is 2. The molecule has 6 heteroatoms. The lowest BCUT2D eigenvalue weighted by molar-refractivity contribution is -0.136. The molecule has 1 aliphatic carbocycles. The molecular weight excluding hydrogens is 314 g/mol. The Morgan fingerprint density at radius 3 is 2.60 bits per heavy atom. The van der Waals surface area contributed by atoms with Crippen LogP contribution in [0.1, 0.15) is 50.6 Å². The second kappa shape index (κ2) is 7.68. The summed E-state index contributed by atoms with van der Waals surface area (Å²) >= 11 is 0. The topological polar surface area (TPSA) is 75.4 Å². The highest BCUT2D eigenvalue weighted by atomic mass is 16.2. The third-order valence-corrected chi connectivity index (χ3v) is 5.70. The van der Waals surface area contributed by atoms with Crippen LogP contribution in [0.25, 0.3) is 0 Å². The van der Waals surface area contributed by atoms with Gasteiger partial charge in [0, 0.05) is 27.2 Å². The molecule has 25 heavy (non-hydrogen) atoms. The first kappa shape index (κ1) is 18.1. The summed E-state index contributed by atoms with van der Waals surface area (Å²) in [7, 11) is 3.93. The van der Waals surface area contributed by atoms with Crippen LogP contribution in [0.5, 0.6) is 0 Å². The van der Waals surface area contributed by atoms with Crippen LogP contribution < -0.4 is 10.6 Å². The Morgan fingerprint density at radius 1 is 1.20 bits per heavy atom. The maximum Gasteiger partial charge on any atom is 0.242 e. The number of hydrogen-bond donors (Lipinski definition) is 1. The number of carbonyl (C=O) groups excluding carboxylic acids is 1. The van der Waals surface area contributed by atoms with Crippen molar-refractivity contribution in [3.05, 3.63) is 18.1 Å². The van der Waals surface area contributed by atoms with E-state index in [1.807, 2.05) is 36.3 Å². The van der Waals surface area contributed by atoms with Crippen molar-refractivity contribution in [2.75, 3.05) is 32.1 Å². The summed E-state index contributed by atoms with van der Waals surface area (Å²) in [6.45, 7) is 1.67. The average molecular weight is 345 g/mol. The van der Waals surface area contributed by atoms with Crippen molar-refractivity contribution in [3.63, 3.8) is 0 Å². The predicted molar refractivity (Wildman–Crippen MR) is 99.4 cm³/mol. The molecule has 0 radical (unpaired) electrons. The zero-order chi connectivity index (χ0) is 17.9. The molecule has 3 rings (SSSR count). The third kappa shape index (κ3) is 4.29. The molecule has 138 valence electrons. The van der Waals surface area contributed by atoms with Crippen molar-refractivity contribution in [1.29, 1.82) is 0 Å². The van der Waals surface area contributed by atoms with E-state index in [-0.39, 0.29) is 5.91 Å². The van der Waals surface area contributed by atoms with Gasteiger partial charge in [-0.2, -0.15) is 0 Å². The van der Waals surface area contributed by atoms with E-state index in [1.54, 1.807) is 0 Å². The van der Waals surface area contributed by atoms with E-state index in [1.165, 1.54) is 0 Å². The number of nitrogens with zero attached hydrogens (tertiary/aromatic N) is 4. The summed E-state index contributed by atoms with van der Waals surface area (Å²) < 4.78 is 0. The van der Waals surface area contributed by atoms with Gasteiger partial charge in [0.05, 0.1) is 23.6 Å². The molecule has 0 bridgehead atoms. The lowest BCUT2D eigenvalue weighted by atomic mass is 9.95. The molecule has 0 aromatic carbocycles. The van der Waals surface area contributed by atoms with Crippen molar-refractivity contribution >= 4 is 11.7 Å². The van der Waals surface area contributed by atoms with Crippen LogP contribution in [-0.2, 0) is 11.2 Å². The predicted octanol–water partition coefficient (Wildman–Crippen LogP) is 1.99. The van der Waals surface area contributed by atoms with E-state index in [2.05, 4.69) is 9.97 Å². The molecule has 6 nitrogen and oxygen atoms in total.